The fourth-order valence-electron chi connectivity index (χ4n) is 4.55. The number of nitrogen functional groups attached to an aromatic ring is 1. The van der Waals surface area contributed by atoms with Crippen LogP contribution in [-0.2, 0) is 24.3 Å². The summed E-state index contributed by atoms with van der Waals surface area (Å²) in [4.78, 5) is 17.6. The van der Waals surface area contributed by atoms with Gasteiger partial charge in [0.2, 0.25) is 0 Å². The minimum atomic E-state index is -0.784. The zero-order valence-corrected chi connectivity index (χ0v) is 22.0. The van der Waals surface area contributed by atoms with Crippen LogP contribution in [0, 0.1) is 13.8 Å². The molecule has 0 saturated carbocycles. The van der Waals surface area contributed by atoms with Crippen molar-refractivity contribution in [2.75, 3.05) is 30.7 Å². The van der Waals surface area contributed by atoms with Crippen LogP contribution in [0.2, 0.25) is 0 Å². The highest BCUT2D eigenvalue weighted by molar-refractivity contribution is 5.72. The van der Waals surface area contributed by atoms with E-state index >= 15 is 0 Å². The van der Waals surface area contributed by atoms with Gasteiger partial charge in [0.15, 0.2) is 0 Å². The standard InChI is InChI=1S/C17H23N3.C12H18N2O2/c1-15-7-3-4-8-16(15)13-20-12-9-18-17(20)14-19-10-5-2-6-11-19;1-3-14-10-6-4-9(5-7-11(15)16)8(2)12(10)13/h3-4,7-9,12H,2,5-6,10-11,13-14H2,1H3;4,6,14H,3,5,7,13H2,1-2H3,(H,15,16). The Morgan fingerprint density at radius 3 is 2.50 bits per heavy atom. The first-order chi connectivity index (χ1) is 17.4. The van der Waals surface area contributed by atoms with Gasteiger partial charge in [-0.05, 0) is 81.4 Å². The molecule has 4 N–H and O–H groups in total. The Morgan fingerprint density at radius 2 is 1.81 bits per heavy atom. The molecule has 0 radical (unpaired) electrons. The summed E-state index contributed by atoms with van der Waals surface area (Å²) in [6.07, 6.45) is 8.74. The molecule has 2 aromatic carbocycles. The van der Waals surface area contributed by atoms with Crippen LogP contribution in [0.5, 0.6) is 0 Å². The number of hydrogen-bond donors (Lipinski definition) is 3. The molecule has 3 aromatic rings. The van der Waals surface area contributed by atoms with Gasteiger partial charge >= 0.3 is 5.97 Å². The molecule has 0 bridgehead atoms. The summed E-state index contributed by atoms with van der Waals surface area (Å²) >= 11 is 0. The minimum Gasteiger partial charge on any atom is -0.481 e. The summed E-state index contributed by atoms with van der Waals surface area (Å²) in [5.41, 5.74) is 12.3. The largest absolute Gasteiger partial charge is 0.481 e. The van der Waals surface area contributed by atoms with E-state index in [1.54, 1.807) is 0 Å². The van der Waals surface area contributed by atoms with Crippen molar-refractivity contribution in [1.82, 2.24) is 14.5 Å². The Balaban J connectivity index is 0.000000207. The maximum atomic E-state index is 10.5. The van der Waals surface area contributed by atoms with Gasteiger partial charge in [0.25, 0.3) is 0 Å². The number of nitrogens with zero attached hydrogens (tertiary/aromatic N) is 3. The van der Waals surface area contributed by atoms with E-state index < -0.39 is 5.97 Å². The average Bonchev–Trinajstić information content (AvgIpc) is 3.30. The number of carboxylic acid groups (broad SMARTS) is 1. The normalized spacial score (nSPS) is 13.6. The summed E-state index contributed by atoms with van der Waals surface area (Å²) in [5, 5.41) is 11.8. The lowest BCUT2D eigenvalue weighted by Crippen LogP contribution is -2.30. The van der Waals surface area contributed by atoms with Crippen molar-refractivity contribution >= 4 is 17.3 Å². The van der Waals surface area contributed by atoms with E-state index in [2.05, 4.69) is 57.2 Å². The lowest BCUT2D eigenvalue weighted by atomic mass is 10.0. The second-order valence-electron chi connectivity index (χ2n) is 9.47. The fourth-order valence-corrected chi connectivity index (χ4v) is 4.55. The van der Waals surface area contributed by atoms with Crippen LogP contribution in [0.1, 0.15) is 60.7 Å². The van der Waals surface area contributed by atoms with Gasteiger partial charge in [-0.1, -0.05) is 36.8 Å². The molecule has 1 aromatic heterocycles. The zero-order chi connectivity index (χ0) is 25.9. The Labute approximate surface area is 215 Å². The number of carboxylic acids is 1. The van der Waals surface area contributed by atoms with E-state index in [-0.39, 0.29) is 6.42 Å². The number of anilines is 2. The summed E-state index contributed by atoms with van der Waals surface area (Å²) in [5.74, 6) is 0.406. The molecule has 1 saturated heterocycles. The number of piperidine rings is 1. The van der Waals surface area contributed by atoms with Crippen molar-refractivity contribution in [3.8, 4) is 0 Å². The van der Waals surface area contributed by atoms with E-state index in [4.69, 9.17) is 10.8 Å². The number of carbonyl (C=O) groups is 1. The summed E-state index contributed by atoms with van der Waals surface area (Å²) < 4.78 is 2.29. The van der Waals surface area contributed by atoms with Gasteiger partial charge in [-0.25, -0.2) is 4.98 Å². The number of rotatable bonds is 9. The monoisotopic (exact) mass is 491 g/mol. The Kier molecular flexibility index (Phi) is 10.4. The van der Waals surface area contributed by atoms with Gasteiger partial charge < -0.3 is 20.7 Å². The van der Waals surface area contributed by atoms with Crippen LogP contribution in [0.4, 0.5) is 11.4 Å². The summed E-state index contributed by atoms with van der Waals surface area (Å²) in [7, 11) is 0. The summed E-state index contributed by atoms with van der Waals surface area (Å²) in [6, 6.07) is 12.4. The van der Waals surface area contributed by atoms with Crippen LogP contribution in [0.3, 0.4) is 0 Å². The Morgan fingerprint density at radius 1 is 1.06 bits per heavy atom. The predicted octanol–water partition coefficient (Wildman–Crippen LogP) is 5.25. The van der Waals surface area contributed by atoms with Gasteiger partial charge in [0, 0.05) is 31.9 Å². The smallest absolute Gasteiger partial charge is 0.303 e. The number of nitrogens with two attached hydrogens (primary N) is 1. The highest BCUT2D eigenvalue weighted by atomic mass is 16.4. The molecular formula is C29H41N5O2. The molecule has 36 heavy (non-hydrogen) atoms. The number of aryl methyl sites for hydroxylation is 2. The lowest BCUT2D eigenvalue weighted by molar-refractivity contribution is -0.136. The van der Waals surface area contributed by atoms with Gasteiger partial charge in [-0.15, -0.1) is 0 Å². The van der Waals surface area contributed by atoms with E-state index in [0.717, 1.165) is 36.4 Å². The third-order valence-electron chi connectivity index (χ3n) is 6.82. The number of nitrogens with one attached hydrogen (secondary N) is 1. The van der Waals surface area contributed by atoms with Crippen molar-refractivity contribution < 1.29 is 9.90 Å². The van der Waals surface area contributed by atoms with Gasteiger partial charge in [0.1, 0.15) is 5.82 Å². The van der Waals surface area contributed by atoms with Crippen molar-refractivity contribution in [3.63, 3.8) is 0 Å². The minimum absolute atomic E-state index is 0.140. The SMILES string of the molecule is CCNc1ccc(CCC(=O)O)c(C)c1N.Cc1ccccc1Cn1ccnc1CN1CCCCC1. The molecule has 7 nitrogen and oxygen atoms in total. The highest BCUT2D eigenvalue weighted by Gasteiger charge is 2.14. The molecule has 0 spiro atoms. The second kappa shape index (κ2) is 13.7. The molecule has 4 rings (SSSR count). The van der Waals surface area contributed by atoms with Gasteiger partial charge in [-0.2, -0.15) is 0 Å². The number of aliphatic carboxylic acids is 1. The van der Waals surface area contributed by atoms with Crippen molar-refractivity contribution in [2.45, 2.75) is 66.0 Å². The lowest BCUT2D eigenvalue weighted by Gasteiger charge is -2.26. The molecule has 1 fully saturated rings. The molecule has 0 unspecified atom stereocenters. The number of benzene rings is 2. The van der Waals surface area contributed by atoms with Crippen molar-refractivity contribution in [2.24, 2.45) is 0 Å². The maximum absolute atomic E-state index is 10.5. The first-order valence-corrected chi connectivity index (χ1v) is 13.0. The molecule has 0 atom stereocenters. The predicted molar refractivity (Wildman–Crippen MR) is 147 cm³/mol. The number of hydrogen-bond acceptors (Lipinski definition) is 5. The Hall–Kier alpha value is -3.32. The van der Waals surface area contributed by atoms with Crippen LogP contribution >= 0.6 is 0 Å². The van der Waals surface area contributed by atoms with Crippen molar-refractivity contribution in [3.05, 3.63) is 76.9 Å². The van der Waals surface area contributed by atoms with E-state index in [9.17, 15) is 4.79 Å². The van der Waals surface area contributed by atoms with E-state index in [1.165, 1.54) is 49.3 Å². The van der Waals surface area contributed by atoms with E-state index in [1.807, 2.05) is 32.2 Å². The molecule has 7 heteroatoms. The average molecular weight is 492 g/mol. The topological polar surface area (TPSA) is 96.4 Å². The first-order valence-electron chi connectivity index (χ1n) is 13.0. The first kappa shape index (κ1) is 27.3. The molecule has 0 amide bonds. The Bertz CT molecular complexity index is 1120. The number of aromatic nitrogens is 2. The second-order valence-corrected chi connectivity index (χ2v) is 9.47. The quantitative estimate of drug-likeness (QED) is 0.354. The third kappa shape index (κ3) is 7.85. The summed E-state index contributed by atoms with van der Waals surface area (Å²) in [6.45, 7) is 11.3. The third-order valence-corrected chi connectivity index (χ3v) is 6.82. The number of likely N-dealkylation sites (tertiary alicyclic amines) is 1. The zero-order valence-electron chi connectivity index (χ0n) is 22.0. The molecule has 1 aliphatic heterocycles. The van der Waals surface area contributed by atoms with Crippen LogP contribution in [-0.4, -0.2) is 45.2 Å². The number of imidazole rings is 1. The maximum Gasteiger partial charge on any atom is 0.303 e. The van der Waals surface area contributed by atoms with Crippen LogP contribution in [0.25, 0.3) is 0 Å². The highest BCUT2D eigenvalue weighted by Crippen LogP contribution is 2.26. The van der Waals surface area contributed by atoms with E-state index in [0.29, 0.717) is 12.1 Å². The molecular weight excluding hydrogens is 450 g/mol. The molecule has 0 aliphatic carbocycles. The van der Waals surface area contributed by atoms with Gasteiger partial charge in [-0.3, -0.25) is 9.69 Å². The van der Waals surface area contributed by atoms with Crippen molar-refractivity contribution in [1.29, 1.82) is 0 Å². The van der Waals surface area contributed by atoms with Crippen LogP contribution < -0.4 is 11.1 Å². The molecule has 194 valence electrons. The molecule has 1 aliphatic rings. The van der Waals surface area contributed by atoms with Crippen LogP contribution in [0.15, 0.2) is 48.8 Å². The van der Waals surface area contributed by atoms with Gasteiger partial charge in [0.05, 0.1) is 17.9 Å². The molecule has 2 heterocycles. The fraction of sp³-hybridized carbons (Fsp3) is 0.448.